The molecule has 0 saturated heterocycles. The Kier molecular flexibility index (Phi) is 1.54. The van der Waals surface area contributed by atoms with Crippen molar-refractivity contribution in [3.8, 4) is 0 Å². The maximum absolute atomic E-state index is 5.66. The topological polar surface area (TPSA) is 43.1 Å². The van der Waals surface area contributed by atoms with Crippen LogP contribution in [-0.4, -0.2) is 19.8 Å². The third-order valence-electron chi connectivity index (χ3n) is 1.19. The molecule has 2 aromatic heterocycles. The van der Waals surface area contributed by atoms with Crippen molar-refractivity contribution in [3.05, 3.63) is 22.0 Å². The molecule has 0 spiro atoms. The zero-order valence-corrected chi connectivity index (χ0v) is 7.54. The van der Waals surface area contributed by atoms with E-state index in [4.69, 9.17) is 11.6 Å². The van der Waals surface area contributed by atoms with Crippen molar-refractivity contribution in [1.29, 1.82) is 0 Å². The Morgan fingerprint density at radius 3 is 3.18 bits per heavy atom. The molecule has 0 aliphatic carbocycles. The van der Waals surface area contributed by atoms with Gasteiger partial charge in [-0.2, -0.15) is 9.61 Å². The second kappa shape index (κ2) is 2.42. The first-order valence-corrected chi connectivity index (χ1v) is 3.96. The number of hydrogen-bond acceptors (Lipinski definition) is 3. The molecule has 2 rings (SSSR count). The Bertz CT molecular complexity index is 398. The van der Waals surface area contributed by atoms with E-state index in [1.54, 1.807) is 6.07 Å². The van der Waals surface area contributed by atoms with Crippen molar-refractivity contribution in [1.82, 2.24) is 19.8 Å². The van der Waals surface area contributed by atoms with Crippen molar-refractivity contribution in [2.24, 2.45) is 0 Å². The fourth-order valence-corrected chi connectivity index (χ4v) is 1.56. The van der Waals surface area contributed by atoms with Gasteiger partial charge in [-0.15, -0.1) is 10.2 Å². The monoisotopic (exact) mass is 232 g/mol. The minimum Gasteiger partial charge on any atom is -0.198 e. The third-order valence-corrected chi connectivity index (χ3v) is 1.96. The van der Waals surface area contributed by atoms with Gasteiger partial charge >= 0.3 is 0 Å². The summed E-state index contributed by atoms with van der Waals surface area (Å²) in [6, 6.07) is 1.67. The van der Waals surface area contributed by atoms with Crippen molar-refractivity contribution in [3.63, 3.8) is 0 Å². The summed E-state index contributed by atoms with van der Waals surface area (Å²) in [6.45, 7) is 0. The minimum atomic E-state index is 0.407. The van der Waals surface area contributed by atoms with Gasteiger partial charge in [-0.25, -0.2) is 0 Å². The second-order valence-corrected chi connectivity index (χ2v) is 3.16. The van der Waals surface area contributed by atoms with Crippen LogP contribution in [0.1, 0.15) is 0 Å². The highest BCUT2D eigenvalue weighted by Gasteiger charge is 2.02. The molecule has 0 fully saturated rings. The van der Waals surface area contributed by atoms with E-state index in [9.17, 15) is 0 Å². The van der Waals surface area contributed by atoms with Crippen LogP contribution in [0, 0.1) is 0 Å². The lowest BCUT2D eigenvalue weighted by Crippen LogP contribution is -1.90. The Hall–Kier alpha value is -0.680. The number of aromatic nitrogens is 4. The van der Waals surface area contributed by atoms with Gasteiger partial charge in [-0.3, -0.25) is 0 Å². The highest BCUT2D eigenvalue weighted by atomic mass is 79.9. The molecule has 0 bridgehead atoms. The van der Waals surface area contributed by atoms with Crippen LogP contribution in [0.5, 0.6) is 0 Å². The molecule has 2 aromatic rings. The fourth-order valence-electron chi connectivity index (χ4n) is 0.761. The van der Waals surface area contributed by atoms with E-state index >= 15 is 0 Å². The minimum absolute atomic E-state index is 0.407. The highest BCUT2D eigenvalue weighted by molar-refractivity contribution is 9.10. The number of nitrogens with zero attached hydrogens (tertiary/aromatic N) is 4. The van der Waals surface area contributed by atoms with Gasteiger partial charge < -0.3 is 0 Å². The largest absolute Gasteiger partial charge is 0.198 e. The van der Waals surface area contributed by atoms with E-state index in [2.05, 4.69) is 31.2 Å². The maximum Gasteiger partial charge on any atom is 0.191 e. The predicted octanol–water partition coefficient (Wildman–Crippen LogP) is 1.54. The van der Waals surface area contributed by atoms with E-state index in [1.165, 1.54) is 10.8 Å². The van der Waals surface area contributed by atoms with Crippen LogP contribution in [0.15, 0.2) is 16.9 Å². The van der Waals surface area contributed by atoms with Gasteiger partial charge in [0.15, 0.2) is 10.8 Å². The average Bonchev–Trinajstić information content (AvgIpc) is 2.34. The highest BCUT2D eigenvalue weighted by Crippen LogP contribution is 2.17. The number of rotatable bonds is 0. The molecule has 4 nitrogen and oxygen atoms in total. The van der Waals surface area contributed by atoms with Gasteiger partial charge in [0.05, 0.1) is 4.47 Å². The Morgan fingerprint density at radius 2 is 2.36 bits per heavy atom. The zero-order chi connectivity index (χ0) is 7.84. The molecule has 0 aliphatic heterocycles. The lowest BCUT2D eigenvalue weighted by atomic mass is 10.6. The summed E-state index contributed by atoms with van der Waals surface area (Å²) >= 11 is 8.94. The van der Waals surface area contributed by atoms with Gasteiger partial charge in [-0.1, -0.05) is 11.6 Å². The SMILES string of the molecule is Clc1cc(Br)c2nncn2n1. The van der Waals surface area contributed by atoms with E-state index in [0.29, 0.717) is 10.8 Å². The summed E-state index contributed by atoms with van der Waals surface area (Å²) in [4.78, 5) is 0. The zero-order valence-electron chi connectivity index (χ0n) is 5.20. The van der Waals surface area contributed by atoms with Crippen LogP contribution >= 0.6 is 27.5 Å². The summed E-state index contributed by atoms with van der Waals surface area (Å²) < 4.78 is 2.29. The smallest absolute Gasteiger partial charge is 0.191 e. The van der Waals surface area contributed by atoms with E-state index in [1.807, 2.05) is 0 Å². The molecule has 0 amide bonds. The molecule has 0 aliphatic rings. The predicted molar refractivity (Wildman–Crippen MR) is 43.5 cm³/mol. The summed E-state index contributed by atoms with van der Waals surface area (Å²) in [5.41, 5.74) is 0.661. The first-order chi connectivity index (χ1) is 5.27. The summed E-state index contributed by atoms with van der Waals surface area (Å²) in [5, 5.41) is 11.8. The molecule has 0 radical (unpaired) electrons. The molecule has 0 aromatic carbocycles. The number of hydrogen-bond donors (Lipinski definition) is 0. The Balaban J connectivity index is 2.91. The number of fused-ring (bicyclic) bond motifs is 1. The first-order valence-electron chi connectivity index (χ1n) is 2.79. The average molecular weight is 233 g/mol. The van der Waals surface area contributed by atoms with E-state index < -0.39 is 0 Å². The third kappa shape index (κ3) is 1.10. The van der Waals surface area contributed by atoms with E-state index in [0.717, 1.165) is 4.47 Å². The van der Waals surface area contributed by atoms with Crippen molar-refractivity contribution < 1.29 is 0 Å². The quantitative estimate of drug-likeness (QED) is 0.693. The van der Waals surface area contributed by atoms with Gasteiger partial charge in [0.25, 0.3) is 0 Å². The maximum atomic E-state index is 5.66. The van der Waals surface area contributed by atoms with E-state index in [-0.39, 0.29) is 0 Å². The summed E-state index contributed by atoms with van der Waals surface area (Å²) in [5.74, 6) is 0. The molecule has 56 valence electrons. The molecule has 0 unspecified atom stereocenters. The molecule has 11 heavy (non-hydrogen) atoms. The van der Waals surface area contributed by atoms with Crippen LogP contribution in [0.25, 0.3) is 5.65 Å². The molecule has 2 heterocycles. The van der Waals surface area contributed by atoms with Gasteiger partial charge in [0, 0.05) is 0 Å². The molecule has 0 atom stereocenters. The van der Waals surface area contributed by atoms with Crippen molar-refractivity contribution >= 4 is 33.2 Å². The second-order valence-electron chi connectivity index (χ2n) is 1.91. The van der Waals surface area contributed by atoms with Gasteiger partial charge in [0.1, 0.15) is 6.33 Å². The first kappa shape index (κ1) is 7.00. The van der Waals surface area contributed by atoms with Crippen LogP contribution in [0.3, 0.4) is 0 Å². The molecule has 0 saturated carbocycles. The normalized spacial score (nSPS) is 10.7. The molecule has 0 N–H and O–H groups in total. The molecular formula is C5H2BrClN4. The Morgan fingerprint density at radius 1 is 1.55 bits per heavy atom. The van der Waals surface area contributed by atoms with Gasteiger partial charge in [0.2, 0.25) is 0 Å². The van der Waals surface area contributed by atoms with Crippen LogP contribution in [-0.2, 0) is 0 Å². The Labute approximate surface area is 75.3 Å². The van der Waals surface area contributed by atoms with Crippen LogP contribution < -0.4 is 0 Å². The summed E-state index contributed by atoms with van der Waals surface area (Å²) in [7, 11) is 0. The number of halogens is 2. The lowest BCUT2D eigenvalue weighted by Gasteiger charge is -1.93. The molecule has 6 heteroatoms. The molecular weight excluding hydrogens is 231 g/mol. The standard InChI is InChI=1S/C5H2BrClN4/c6-3-1-4(7)10-11-2-8-9-5(3)11/h1-2H. The van der Waals surface area contributed by atoms with Crippen molar-refractivity contribution in [2.45, 2.75) is 0 Å². The van der Waals surface area contributed by atoms with Crippen molar-refractivity contribution in [2.75, 3.05) is 0 Å². The van der Waals surface area contributed by atoms with Crippen LogP contribution in [0.4, 0.5) is 0 Å². The lowest BCUT2D eigenvalue weighted by molar-refractivity contribution is 0.923. The van der Waals surface area contributed by atoms with Crippen LogP contribution in [0.2, 0.25) is 5.15 Å². The summed E-state index contributed by atoms with van der Waals surface area (Å²) in [6.07, 6.45) is 1.49. The van der Waals surface area contributed by atoms with Gasteiger partial charge in [-0.05, 0) is 22.0 Å². The fraction of sp³-hybridized carbons (Fsp3) is 0.